The monoisotopic (exact) mass is 280 g/mol. The summed E-state index contributed by atoms with van der Waals surface area (Å²) in [5.74, 6) is -0.796. The molecule has 0 aliphatic carbocycles. The number of aliphatic hydroxyl groups is 1. The zero-order chi connectivity index (χ0) is 14.1. The van der Waals surface area contributed by atoms with Gasteiger partial charge in [-0.05, 0) is 13.3 Å². The van der Waals surface area contributed by atoms with Gasteiger partial charge in [-0.2, -0.15) is 0 Å². The molecule has 4 N–H and O–H groups in total. The Balaban J connectivity index is 3.70. The van der Waals surface area contributed by atoms with Crippen molar-refractivity contribution in [2.45, 2.75) is 31.9 Å². The average Bonchev–Trinajstić information content (AvgIpc) is 2.25. The van der Waals surface area contributed by atoms with Crippen molar-refractivity contribution >= 4 is 22.8 Å². The number of aliphatic carboxylic acids is 1. The first-order chi connectivity index (χ1) is 8.32. The summed E-state index contributed by atoms with van der Waals surface area (Å²) in [4.78, 5) is 21.6. The van der Waals surface area contributed by atoms with Crippen LogP contribution in [0.25, 0.3) is 0 Å². The average molecular weight is 280 g/mol. The van der Waals surface area contributed by atoms with E-state index in [1.807, 2.05) is 0 Å². The standard InChI is InChI=1S/C10H20N2O5S/c1-7(4-6-18(2)17)12-10(16)11-5-3-8(13)9(14)15/h7-8,13H,3-6H2,1-2H3,(H,14,15)(H2,11,12,16)/t7?,8-,18?/m0/s1. The lowest BCUT2D eigenvalue weighted by molar-refractivity contribution is -0.146. The Labute approximate surface area is 108 Å². The predicted octanol–water partition coefficient (Wildman–Crippen LogP) is -0.722. The van der Waals surface area contributed by atoms with Crippen molar-refractivity contribution in [3.8, 4) is 0 Å². The van der Waals surface area contributed by atoms with Gasteiger partial charge in [-0.3, -0.25) is 4.21 Å². The molecule has 7 nitrogen and oxygen atoms in total. The third-order valence-corrected chi connectivity index (χ3v) is 3.01. The predicted molar refractivity (Wildman–Crippen MR) is 67.8 cm³/mol. The van der Waals surface area contributed by atoms with Crippen molar-refractivity contribution in [3.05, 3.63) is 0 Å². The van der Waals surface area contributed by atoms with Crippen molar-refractivity contribution in [3.63, 3.8) is 0 Å². The summed E-state index contributed by atoms with van der Waals surface area (Å²) in [6.07, 6.45) is 0.690. The van der Waals surface area contributed by atoms with E-state index in [1.165, 1.54) is 0 Å². The molecule has 0 heterocycles. The van der Waals surface area contributed by atoms with Gasteiger partial charge in [-0.15, -0.1) is 0 Å². The number of carboxylic acid groups (broad SMARTS) is 1. The summed E-state index contributed by atoms with van der Waals surface area (Å²) >= 11 is 0. The van der Waals surface area contributed by atoms with E-state index >= 15 is 0 Å². The van der Waals surface area contributed by atoms with Crippen LogP contribution >= 0.6 is 0 Å². The highest BCUT2D eigenvalue weighted by atomic mass is 32.2. The summed E-state index contributed by atoms with van der Waals surface area (Å²) in [6, 6.07) is -0.541. The molecule has 0 aromatic heterocycles. The number of hydrogen-bond acceptors (Lipinski definition) is 4. The van der Waals surface area contributed by atoms with E-state index < -0.39 is 28.9 Å². The molecule has 0 aromatic carbocycles. The number of carbonyl (C=O) groups excluding carboxylic acids is 1. The molecule has 8 heteroatoms. The Bertz CT molecular complexity index is 311. The molecule has 0 bridgehead atoms. The highest BCUT2D eigenvalue weighted by molar-refractivity contribution is 7.84. The first-order valence-corrected chi connectivity index (χ1v) is 7.31. The number of nitrogens with one attached hydrogen (secondary N) is 2. The van der Waals surface area contributed by atoms with Crippen molar-refractivity contribution in [1.29, 1.82) is 0 Å². The van der Waals surface area contributed by atoms with Crippen LogP contribution in [0.2, 0.25) is 0 Å². The molecule has 0 aromatic rings. The van der Waals surface area contributed by atoms with Crippen molar-refractivity contribution in [1.82, 2.24) is 10.6 Å². The molecule has 0 fully saturated rings. The molecule has 2 amide bonds. The second-order valence-electron chi connectivity index (χ2n) is 4.01. The summed E-state index contributed by atoms with van der Waals surface area (Å²) in [6.45, 7) is 1.87. The quantitative estimate of drug-likeness (QED) is 0.468. The largest absolute Gasteiger partial charge is 0.479 e. The Morgan fingerprint density at radius 2 is 1.94 bits per heavy atom. The minimum Gasteiger partial charge on any atom is -0.479 e. The van der Waals surface area contributed by atoms with Gasteiger partial charge in [0, 0.05) is 41.8 Å². The van der Waals surface area contributed by atoms with E-state index in [0.29, 0.717) is 12.2 Å². The zero-order valence-electron chi connectivity index (χ0n) is 10.5. The molecule has 0 saturated heterocycles. The molecule has 0 spiro atoms. The van der Waals surface area contributed by atoms with Crippen LogP contribution in [0.15, 0.2) is 0 Å². The van der Waals surface area contributed by atoms with Crippen LogP contribution in [0.3, 0.4) is 0 Å². The molecule has 0 rings (SSSR count). The Hall–Kier alpha value is -1.15. The second kappa shape index (κ2) is 8.87. The Kier molecular flexibility index (Phi) is 8.30. The molecule has 3 atom stereocenters. The number of hydrogen-bond donors (Lipinski definition) is 4. The number of rotatable bonds is 8. The summed E-state index contributed by atoms with van der Waals surface area (Å²) < 4.78 is 10.8. The number of aliphatic hydroxyl groups excluding tert-OH is 1. The van der Waals surface area contributed by atoms with Gasteiger partial charge in [-0.25, -0.2) is 9.59 Å². The smallest absolute Gasteiger partial charge is 0.332 e. The zero-order valence-corrected chi connectivity index (χ0v) is 11.3. The van der Waals surface area contributed by atoms with Crippen LogP contribution in [0.5, 0.6) is 0 Å². The molecule has 0 aliphatic rings. The maximum absolute atomic E-state index is 11.3. The van der Waals surface area contributed by atoms with Gasteiger partial charge in [0.2, 0.25) is 0 Å². The fraction of sp³-hybridized carbons (Fsp3) is 0.800. The first kappa shape index (κ1) is 16.9. The van der Waals surface area contributed by atoms with Gasteiger partial charge in [0.05, 0.1) is 0 Å². The van der Waals surface area contributed by atoms with Crippen molar-refractivity contribution < 1.29 is 24.0 Å². The van der Waals surface area contributed by atoms with E-state index in [4.69, 9.17) is 10.2 Å². The maximum atomic E-state index is 11.3. The van der Waals surface area contributed by atoms with E-state index in [9.17, 15) is 13.8 Å². The number of carboxylic acids is 1. The SMILES string of the molecule is CC(CCS(C)=O)NC(=O)NCC[C@H](O)C(=O)O. The van der Waals surface area contributed by atoms with Crippen LogP contribution in [-0.4, -0.2) is 57.1 Å². The lowest BCUT2D eigenvalue weighted by Crippen LogP contribution is -2.42. The molecular weight excluding hydrogens is 260 g/mol. The summed E-state index contributed by atoms with van der Waals surface area (Å²) in [7, 11) is -0.888. The third-order valence-electron chi connectivity index (χ3n) is 2.20. The lowest BCUT2D eigenvalue weighted by atomic mass is 10.2. The van der Waals surface area contributed by atoms with Crippen LogP contribution < -0.4 is 10.6 Å². The van der Waals surface area contributed by atoms with Gasteiger partial charge in [0.1, 0.15) is 0 Å². The number of carbonyl (C=O) groups is 2. The van der Waals surface area contributed by atoms with Crippen LogP contribution in [-0.2, 0) is 15.6 Å². The highest BCUT2D eigenvalue weighted by Crippen LogP contribution is 1.93. The van der Waals surface area contributed by atoms with E-state index in [0.717, 1.165) is 0 Å². The van der Waals surface area contributed by atoms with Crippen molar-refractivity contribution in [2.75, 3.05) is 18.6 Å². The fourth-order valence-electron chi connectivity index (χ4n) is 1.14. The number of amides is 2. The summed E-state index contributed by atoms with van der Waals surface area (Å²) in [5.41, 5.74) is 0. The second-order valence-corrected chi connectivity index (χ2v) is 5.56. The van der Waals surface area contributed by atoms with E-state index in [-0.39, 0.29) is 19.0 Å². The van der Waals surface area contributed by atoms with Gasteiger partial charge in [0.15, 0.2) is 6.10 Å². The van der Waals surface area contributed by atoms with Gasteiger partial charge < -0.3 is 20.8 Å². The van der Waals surface area contributed by atoms with Gasteiger partial charge >= 0.3 is 12.0 Å². The molecule has 2 unspecified atom stereocenters. The highest BCUT2D eigenvalue weighted by Gasteiger charge is 2.13. The van der Waals surface area contributed by atoms with E-state index in [2.05, 4.69) is 10.6 Å². The minimum atomic E-state index is -1.47. The van der Waals surface area contributed by atoms with Crippen molar-refractivity contribution in [2.24, 2.45) is 0 Å². The Morgan fingerprint density at radius 3 is 2.44 bits per heavy atom. The molecule has 0 saturated carbocycles. The molecular formula is C10H20N2O5S. The number of urea groups is 1. The molecule has 106 valence electrons. The van der Waals surface area contributed by atoms with E-state index in [1.54, 1.807) is 13.2 Å². The molecule has 0 radical (unpaired) electrons. The van der Waals surface area contributed by atoms with Gasteiger partial charge in [-0.1, -0.05) is 0 Å². The Morgan fingerprint density at radius 1 is 1.33 bits per heavy atom. The topological polar surface area (TPSA) is 116 Å². The lowest BCUT2D eigenvalue weighted by Gasteiger charge is -2.14. The van der Waals surface area contributed by atoms with Crippen LogP contribution in [0, 0.1) is 0 Å². The first-order valence-electron chi connectivity index (χ1n) is 5.58. The van der Waals surface area contributed by atoms with Crippen LogP contribution in [0.4, 0.5) is 4.79 Å². The fourth-order valence-corrected chi connectivity index (χ4v) is 1.82. The third kappa shape index (κ3) is 8.94. The minimum absolute atomic E-state index is 0.0455. The van der Waals surface area contributed by atoms with Crippen LogP contribution in [0.1, 0.15) is 19.8 Å². The summed E-state index contributed by atoms with van der Waals surface area (Å²) in [5, 5.41) is 22.4. The van der Waals surface area contributed by atoms with Gasteiger partial charge in [0.25, 0.3) is 0 Å². The molecule has 18 heavy (non-hydrogen) atoms. The normalized spacial score (nSPS) is 15.5. The molecule has 0 aliphatic heterocycles. The maximum Gasteiger partial charge on any atom is 0.332 e.